The molecule has 0 radical (unpaired) electrons. The number of anilines is 1. The van der Waals surface area contributed by atoms with Gasteiger partial charge in [0.2, 0.25) is 5.91 Å². The summed E-state index contributed by atoms with van der Waals surface area (Å²) in [6.45, 7) is 12.0. The first-order chi connectivity index (χ1) is 13.2. The van der Waals surface area contributed by atoms with Gasteiger partial charge in [-0.3, -0.25) is 4.79 Å². The van der Waals surface area contributed by atoms with Crippen molar-refractivity contribution in [3.63, 3.8) is 0 Å². The fraction of sp³-hybridized carbons (Fsp3) is 0.650. The van der Waals surface area contributed by atoms with E-state index in [0.717, 1.165) is 18.8 Å². The number of ether oxygens (including phenoxy) is 1. The Morgan fingerprint density at radius 3 is 2.29 bits per heavy atom. The van der Waals surface area contributed by atoms with Gasteiger partial charge in [-0.2, -0.15) is 8.42 Å². The van der Waals surface area contributed by atoms with Crippen LogP contribution in [-0.2, 0) is 26.2 Å². The van der Waals surface area contributed by atoms with Gasteiger partial charge in [-0.15, -0.1) is 0 Å². The summed E-state index contributed by atoms with van der Waals surface area (Å²) in [6.07, 6.45) is 0. The quantitative estimate of drug-likeness (QED) is 0.490. The molecule has 0 saturated heterocycles. The molecule has 0 unspecified atom stereocenters. The van der Waals surface area contributed by atoms with Gasteiger partial charge in [0.15, 0.2) is 0 Å². The van der Waals surface area contributed by atoms with Crippen LogP contribution < -0.4 is 9.08 Å². The van der Waals surface area contributed by atoms with Crippen LogP contribution in [-0.4, -0.2) is 58.3 Å². The molecule has 0 aliphatic heterocycles. The number of hydrogen-bond donors (Lipinski definition) is 0. The van der Waals surface area contributed by atoms with E-state index < -0.39 is 10.1 Å². The van der Waals surface area contributed by atoms with Crippen LogP contribution in [0, 0.1) is 5.92 Å². The lowest BCUT2D eigenvalue weighted by Crippen LogP contribution is -2.36. The van der Waals surface area contributed by atoms with Crippen LogP contribution in [0.2, 0.25) is 0 Å². The molecule has 1 aromatic rings. The molecular weight excluding hydrogens is 380 g/mol. The van der Waals surface area contributed by atoms with Crippen LogP contribution in [0.4, 0.5) is 5.69 Å². The van der Waals surface area contributed by atoms with E-state index in [1.807, 2.05) is 39.8 Å². The SMILES string of the molecule is CCN(CC)c1ccc(CN(CCOC)C(=O)C(C)C)c(OS(=O)(=O)CC)c1. The Morgan fingerprint density at radius 2 is 1.79 bits per heavy atom. The topological polar surface area (TPSA) is 76.2 Å². The fourth-order valence-corrected chi connectivity index (χ4v) is 3.32. The number of nitrogens with zero attached hydrogens (tertiary/aromatic N) is 2. The van der Waals surface area contributed by atoms with Crippen LogP contribution in [0.1, 0.15) is 40.2 Å². The predicted molar refractivity (Wildman–Crippen MR) is 112 cm³/mol. The van der Waals surface area contributed by atoms with Gasteiger partial charge >= 0.3 is 10.1 Å². The van der Waals surface area contributed by atoms with Gasteiger partial charge in [-0.05, 0) is 26.8 Å². The Kier molecular flexibility index (Phi) is 9.75. The fourth-order valence-electron chi connectivity index (χ4n) is 2.77. The molecular formula is C20H34N2O5S. The number of carbonyl (C=O) groups excluding carboxylic acids is 1. The van der Waals surface area contributed by atoms with E-state index in [1.54, 1.807) is 18.1 Å². The number of rotatable bonds is 12. The Morgan fingerprint density at radius 1 is 1.14 bits per heavy atom. The van der Waals surface area contributed by atoms with Gasteiger partial charge in [-0.1, -0.05) is 19.9 Å². The molecule has 0 fully saturated rings. The van der Waals surface area contributed by atoms with E-state index in [0.29, 0.717) is 18.7 Å². The van der Waals surface area contributed by atoms with Gasteiger partial charge in [0.1, 0.15) is 5.75 Å². The molecule has 28 heavy (non-hydrogen) atoms. The van der Waals surface area contributed by atoms with Crippen LogP contribution in [0.5, 0.6) is 5.75 Å². The van der Waals surface area contributed by atoms with E-state index in [2.05, 4.69) is 4.90 Å². The number of benzene rings is 1. The summed E-state index contributed by atoms with van der Waals surface area (Å²) >= 11 is 0. The summed E-state index contributed by atoms with van der Waals surface area (Å²) in [5.41, 5.74) is 1.53. The van der Waals surface area contributed by atoms with Gasteiger partial charge < -0.3 is 18.7 Å². The number of hydrogen-bond acceptors (Lipinski definition) is 6. The second-order valence-corrected chi connectivity index (χ2v) is 8.66. The van der Waals surface area contributed by atoms with Crippen LogP contribution in [0.25, 0.3) is 0 Å². The minimum Gasteiger partial charge on any atom is -0.383 e. The largest absolute Gasteiger partial charge is 0.383 e. The van der Waals surface area contributed by atoms with Gasteiger partial charge in [0, 0.05) is 56.5 Å². The smallest absolute Gasteiger partial charge is 0.308 e. The van der Waals surface area contributed by atoms with E-state index in [1.165, 1.54) is 6.92 Å². The van der Waals surface area contributed by atoms with Gasteiger partial charge in [0.05, 0.1) is 12.4 Å². The molecule has 0 N–H and O–H groups in total. The summed E-state index contributed by atoms with van der Waals surface area (Å²) < 4.78 is 34.7. The first-order valence-corrected chi connectivity index (χ1v) is 11.3. The molecule has 0 saturated carbocycles. The molecule has 0 heterocycles. The molecule has 1 amide bonds. The zero-order valence-corrected chi connectivity index (χ0v) is 18.7. The summed E-state index contributed by atoms with van der Waals surface area (Å²) in [4.78, 5) is 16.4. The number of methoxy groups -OCH3 is 1. The molecule has 1 aromatic carbocycles. The third kappa shape index (κ3) is 6.98. The normalized spacial score (nSPS) is 11.5. The highest BCUT2D eigenvalue weighted by Gasteiger charge is 2.21. The Labute approximate surface area is 169 Å². The summed E-state index contributed by atoms with van der Waals surface area (Å²) in [7, 11) is -2.10. The average molecular weight is 415 g/mol. The molecule has 0 spiro atoms. The maximum atomic E-state index is 12.6. The molecule has 0 aliphatic carbocycles. The lowest BCUT2D eigenvalue weighted by molar-refractivity contribution is -0.135. The summed E-state index contributed by atoms with van der Waals surface area (Å²) in [5, 5.41) is 0. The van der Waals surface area contributed by atoms with Crippen LogP contribution >= 0.6 is 0 Å². The molecule has 7 nitrogen and oxygen atoms in total. The Hall–Kier alpha value is -1.80. The minimum atomic E-state index is -3.69. The van der Waals surface area contributed by atoms with Crippen LogP contribution in [0.15, 0.2) is 18.2 Å². The third-order valence-electron chi connectivity index (χ3n) is 4.48. The van der Waals surface area contributed by atoms with Gasteiger partial charge in [0.25, 0.3) is 0 Å². The van der Waals surface area contributed by atoms with Crippen molar-refractivity contribution in [2.24, 2.45) is 5.92 Å². The van der Waals surface area contributed by atoms with Crippen molar-refractivity contribution < 1.29 is 22.1 Å². The van der Waals surface area contributed by atoms with Crippen molar-refractivity contribution in [1.82, 2.24) is 4.90 Å². The lowest BCUT2D eigenvalue weighted by atomic mass is 10.1. The van der Waals surface area contributed by atoms with Crippen molar-refractivity contribution in [2.45, 2.75) is 41.2 Å². The first kappa shape index (κ1) is 24.2. The van der Waals surface area contributed by atoms with Gasteiger partial charge in [-0.25, -0.2) is 0 Å². The van der Waals surface area contributed by atoms with Crippen molar-refractivity contribution in [1.29, 1.82) is 0 Å². The minimum absolute atomic E-state index is 0.0193. The molecule has 0 aromatic heterocycles. The lowest BCUT2D eigenvalue weighted by Gasteiger charge is -2.27. The second-order valence-electron chi connectivity index (χ2n) is 6.80. The van der Waals surface area contributed by atoms with E-state index in [-0.39, 0.29) is 29.9 Å². The monoisotopic (exact) mass is 414 g/mol. The number of amides is 1. The van der Waals surface area contributed by atoms with Crippen molar-refractivity contribution >= 4 is 21.7 Å². The molecule has 8 heteroatoms. The van der Waals surface area contributed by atoms with E-state index in [9.17, 15) is 13.2 Å². The predicted octanol–water partition coefficient (Wildman–Crippen LogP) is 2.89. The van der Waals surface area contributed by atoms with Crippen LogP contribution in [0.3, 0.4) is 0 Å². The highest BCUT2D eigenvalue weighted by Crippen LogP contribution is 2.29. The zero-order chi connectivity index (χ0) is 21.3. The second kappa shape index (κ2) is 11.3. The highest BCUT2D eigenvalue weighted by atomic mass is 32.2. The van der Waals surface area contributed by atoms with Crippen molar-refractivity contribution in [3.05, 3.63) is 23.8 Å². The van der Waals surface area contributed by atoms with Crippen molar-refractivity contribution in [3.8, 4) is 5.75 Å². The Bertz CT molecular complexity index is 730. The average Bonchev–Trinajstić information content (AvgIpc) is 2.66. The summed E-state index contributed by atoms with van der Waals surface area (Å²) in [6, 6.07) is 5.51. The standard InChI is InChI=1S/C20H34N2O5S/c1-7-21(8-2)18-11-10-17(19(14-18)27-28(24,25)9-3)15-22(12-13-26-6)20(23)16(4)5/h10-11,14,16H,7-9,12-13,15H2,1-6H3. The van der Waals surface area contributed by atoms with E-state index in [4.69, 9.17) is 8.92 Å². The Balaban J connectivity index is 3.31. The molecule has 1 rings (SSSR count). The maximum absolute atomic E-state index is 12.6. The highest BCUT2D eigenvalue weighted by molar-refractivity contribution is 7.87. The summed E-state index contributed by atoms with van der Waals surface area (Å²) in [5.74, 6) is -0.0461. The maximum Gasteiger partial charge on any atom is 0.308 e. The van der Waals surface area contributed by atoms with E-state index >= 15 is 0 Å². The molecule has 0 bridgehead atoms. The third-order valence-corrected chi connectivity index (χ3v) is 5.62. The first-order valence-electron chi connectivity index (χ1n) is 9.76. The molecule has 0 aliphatic rings. The molecule has 160 valence electrons. The zero-order valence-electron chi connectivity index (χ0n) is 17.9. The molecule has 0 atom stereocenters. The van der Waals surface area contributed by atoms with Crippen molar-refractivity contribution in [2.75, 3.05) is 44.0 Å². The number of carbonyl (C=O) groups is 1.